The van der Waals surface area contributed by atoms with Gasteiger partial charge in [-0.05, 0) is 50.2 Å². The van der Waals surface area contributed by atoms with Crippen molar-refractivity contribution in [2.45, 2.75) is 19.4 Å². The van der Waals surface area contributed by atoms with E-state index in [1.165, 1.54) is 4.70 Å². The Bertz CT molecular complexity index is 862. The highest BCUT2D eigenvalue weighted by Gasteiger charge is 2.18. The molecule has 0 unspecified atom stereocenters. The maximum absolute atomic E-state index is 12.2. The van der Waals surface area contributed by atoms with Crippen molar-refractivity contribution in [1.29, 1.82) is 0 Å². The zero-order valence-electron chi connectivity index (χ0n) is 14.9. The second kappa shape index (κ2) is 8.62. The van der Waals surface area contributed by atoms with E-state index >= 15 is 0 Å². The Morgan fingerprint density at radius 3 is 2.85 bits per heavy atom. The Morgan fingerprint density at radius 2 is 2.08 bits per heavy atom. The van der Waals surface area contributed by atoms with Crippen LogP contribution in [-0.4, -0.2) is 35.9 Å². The first-order valence-electron chi connectivity index (χ1n) is 8.60. The highest BCUT2D eigenvalue weighted by atomic mass is 35.5. The zero-order valence-corrected chi connectivity index (χ0v) is 16.5. The predicted octanol–water partition coefficient (Wildman–Crippen LogP) is 4.30. The first kappa shape index (κ1) is 18.8. The molecule has 1 heterocycles. The summed E-state index contributed by atoms with van der Waals surface area (Å²) in [7, 11) is 1.95. The Balaban J connectivity index is 1.50. The van der Waals surface area contributed by atoms with Crippen molar-refractivity contribution in [3.05, 3.63) is 64.1 Å². The summed E-state index contributed by atoms with van der Waals surface area (Å²) in [5.41, 5.74) is 2.13. The van der Waals surface area contributed by atoms with Crippen molar-refractivity contribution in [2.24, 2.45) is 0 Å². The first-order valence-corrected chi connectivity index (χ1v) is 9.79. The second-order valence-electron chi connectivity index (χ2n) is 6.34. The molecule has 1 atom stereocenters. The molecule has 2 aromatic carbocycles. The molecule has 0 aliphatic heterocycles. The van der Waals surface area contributed by atoms with Gasteiger partial charge in [0.25, 0.3) is 0 Å². The predicted molar refractivity (Wildman–Crippen MR) is 109 cm³/mol. The number of amides is 1. The number of para-hydroxylation sites is 1. The molecule has 136 valence electrons. The number of fused-ring (bicyclic) bond motifs is 1. The molecule has 0 saturated heterocycles. The number of benzene rings is 2. The third-order valence-electron chi connectivity index (χ3n) is 4.35. The van der Waals surface area contributed by atoms with Crippen LogP contribution in [-0.2, 0) is 11.2 Å². The minimum Gasteiger partial charge on any atom is -0.355 e. The standard InChI is InChI=1S/C20H22ClN3OS/c1-14(20-23-17-8-3-4-9-18(17)26-20)24(2)13-19(25)22-11-10-15-6-5-7-16(21)12-15/h3-9,12,14H,10-11,13H2,1-2H3,(H,22,25)/t14-/m0/s1. The van der Waals surface area contributed by atoms with Crippen LogP contribution in [0.4, 0.5) is 0 Å². The number of hydrogen-bond donors (Lipinski definition) is 1. The number of carbonyl (C=O) groups excluding carboxylic acids is 1. The molecule has 0 fully saturated rings. The van der Waals surface area contributed by atoms with Gasteiger partial charge in [-0.2, -0.15) is 0 Å². The average molecular weight is 388 g/mol. The lowest BCUT2D eigenvalue weighted by Crippen LogP contribution is -2.37. The highest BCUT2D eigenvalue weighted by molar-refractivity contribution is 7.18. The molecule has 0 radical (unpaired) electrons. The Kier molecular flexibility index (Phi) is 6.25. The van der Waals surface area contributed by atoms with Crippen molar-refractivity contribution in [2.75, 3.05) is 20.1 Å². The van der Waals surface area contributed by atoms with Crippen LogP contribution >= 0.6 is 22.9 Å². The van der Waals surface area contributed by atoms with Crippen LogP contribution in [0.25, 0.3) is 10.2 Å². The SMILES string of the molecule is C[C@@H](c1nc2ccccc2s1)N(C)CC(=O)NCCc1cccc(Cl)c1. The fraction of sp³-hybridized carbons (Fsp3) is 0.300. The minimum absolute atomic E-state index is 0.0162. The fourth-order valence-corrected chi connectivity index (χ4v) is 4.01. The lowest BCUT2D eigenvalue weighted by Gasteiger charge is -2.22. The summed E-state index contributed by atoms with van der Waals surface area (Å²) in [5, 5.41) is 4.72. The molecule has 0 aliphatic rings. The van der Waals surface area contributed by atoms with Crippen LogP contribution in [0.5, 0.6) is 0 Å². The van der Waals surface area contributed by atoms with Gasteiger partial charge < -0.3 is 5.32 Å². The van der Waals surface area contributed by atoms with Crippen molar-refractivity contribution in [3.63, 3.8) is 0 Å². The number of thiazole rings is 1. The van der Waals surface area contributed by atoms with Gasteiger partial charge in [-0.3, -0.25) is 9.69 Å². The highest BCUT2D eigenvalue weighted by Crippen LogP contribution is 2.28. The largest absolute Gasteiger partial charge is 0.355 e. The van der Waals surface area contributed by atoms with Gasteiger partial charge in [0.05, 0.1) is 22.8 Å². The summed E-state index contributed by atoms with van der Waals surface area (Å²) < 4.78 is 1.17. The van der Waals surface area contributed by atoms with E-state index in [0.29, 0.717) is 13.1 Å². The lowest BCUT2D eigenvalue weighted by molar-refractivity contribution is -0.122. The molecule has 0 saturated carbocycles. The Hall–Kier alpha value is -1.95. The summed E-state index contributed by atoms with van der Waals surface area (Å²) in [4.78, 5) is 18.9. The van der Waals surface area contributed by atoms with Crippen molar-refractivity contribution < 1.29 is 4.79 Å². The van der Waals surface area contributed by atoms with Crippen molar-refractivity contribution in [3.8, 4) is 0 Å². The van der Waals surface area contributed by atoms with Crippen LogP contribution in [0.3, 0.4) is 0 Å². The van der Waals surface area contributed by atoms with Crippen LogP contribution in [0.2, 0.25) is 5.02 Å². The van der Waals surface area contributed by atoms with E-state index in [-0.39, 0.29) is 11.9 Å². The van der Waals surface area contributed by atoms with E-state index in [1.807, 2.05) is 54.4 Å². The number of halogens is 1. The number of carbonyl (C=O) groups is 1. The summed E-state index contributed by atoms with van der Waals surface area (Å²) in [6.45, 7) is 3.02. The molecule has 1 aromatic heterocycles. The molecule has 6 heteroatoms. The molecule has 4 nitrogen and oxygen atoms in total. The van der Waals surface area contributed by atoms with E-state index in [2.05, 4.69) is 23.3 Å². The van der Waals surface area contributed by atoms with Crippen LogP contribution in [0.15, 0.2) is 48.5 Å². The fourth-order valence-electron chi connectivity index (χ4n) is 2.72. The Labute approximate surface area is 162 Å². The molecule has 0 aliphatic carbocycles. The van der Waals surface area contributed by atoms with Gasteiger partial charge in [0.1, 0.15) is 5.01 Å². The van der Waals surface area contributed by atoms with Crippen molar-refractivity contribution in [1.82, 2.24) is 15.2 Å². The normalized spacial score (nSPS) is 12.5. The number of nitrogens with one attached hydrogen (secondary N) is 1. The van der Waals surface area contributed by atoms with E-state index < -0.39 is 0 Å². The van der Waals surface area contributed by atoms with E-state index in [0.717, 1.165) is 27.5 Å². The Morgan fingerprint density at radius 1 is 1.27 bits per heavy atom. The van der Waals surface area contributed by atoms with Crippen LogP contribution in [0.1, 0.15) is 23.5 Å². The minimum atomic E-state index is 0.0162. The third kappa shape index (κ3) is 4.81. The van der Waals surface area contributed by atoms with Gasteiger partial charge in [-0.1, -0.05) is 35.9 Å². The number of aromatic nitrogens is 1. The van der Waals surface area contributed by atoms with Crippen molar-refractivity contribution >= 4 is 39.1 Å². The van der Waals surface area contributed by atoms with Gasteiger partial charge >= 0.3 is 0 Å². The molecule has 0 bridgehead atoms. The van der Waals surface area contributed by atoms with Gasteiger partial charge in [0.15, 0.2) is 0 Å². The van der Waals surface area contributed by atoms with E-state index in [9.17, 15) is 4.79 Å². The van der Waals surface area contributed by atoms with E-state index in [4.69, 9.17) is 11.6 Å². The summed E-state index contributed by atoms with van der Waals surface area (Å²) in [6, 6.07) is 15.9. The molecule has 3 aromatic rings. The summed E-state index contributed by atoms with van der Waals surface area (Å²) >= 11 is 7.66. The summed E-state index contributed by atoms with van der Waals surface area (Å²) in [6.07, 6.45) is 0.767. The molecular weight excluding hydrogens is 366 g/mol. The number of hydrogen-bond acceptors (Lipinski definition) is 4. The van der Waals surface area contributed by atoms with Gasteiger partial charge in [0.2, 0.25) is 5.91 Å². The average Bonchev–Trinajstić information content (AvgIpc) is 3.05. The molecule has 3 rings (SSSR count). The summed E-state index contributed by atoms with van der Waals surface area (Å²) in [5.74, 6) is 0.0162. The molecular formula is C20H22ClN3OS. The van der Waals surface area contributed by atoms with Crippen LogP contribution in [0, 0.1) is 0 Å². The first-order chi connectivity index (χ1) is 12.5. The third-order valence-corrected chi connectivity index (χ3v) is 5.79. The second-order valence-corrected chi connectivity index (χ2v) is 7.84. The monoisotopic (exact) mass is 387 g/mol. The quantitative estimate of drug-likeness (QED) is 0.657. The van der Waals surface area contributed by atoms with Crippen LogP contribution < -0.4 is 5.32 Å². The van der Waals surface area contributed by atoms with Gasteiger partial charge in [-0.15, -0.1) is 11.3 Å². The molecule has 1 amide bonds. The van der Waals surface area contributed by atoms with Gasteiger partial charge in [-0.25, -0.2) is 4.98 Å². The number of rotatable bonds is 7. The number of likely N-dealkylation sites (N-methyl/N-ethyl adjacent to an activating group) is 1. The number of nitrogens with zero attached hydrogens (tertiary/aromatic N) is 2. The maximum Gasteiger partial charge on any atom is 0.234 e. The maximum atomic E-state index is 12.2. The topological polar surface area (TPSA) is 45.2 Å². The van der Waals surface area contributed by atoms with E-state index in [1.54, 1.807) is 11.3 Å². The molecule has 0 spiro atoms. The lowest BCUT2D eigenvalue weighted by atomic mass is 10.1. The molecule has 1 N–H and O–H groups in total. The smallest absolute Gasteiger partial charge is 0.234 e. The van der Waals surface area contributed by atoms with Gasteiger partial charge in [0, 0.05) is 11.6 Å². The molecule has 26 heavy (non-hydrogen) atoms. The zero-order chi connectivity index (χ0) is 18.5.